The van der Waals surface area contributed by atoms with E-state index in [2.05, 4.69) is 0 Å². The maximum absolute atomic E-state index is 11.5. The van der Waals surface area contributed by atoms with E-state index < -0.39 is 8.25 Å². The first kappa shape index (κ1) is 14.9. The van der Waals surface area contributed by atoms with E-state index in [0.717, 1.165) is 12.8 Å². The van der Waals surface area contributed by atoms with Crippen LogP contribution < -0.4 is 0 Å². The van der Waals surface area contributed by atoms with Crippen molar-refractivity contribution < 1.29 is 13.6 Å². The Morgan fingerprint density at radius 2 is 1.10 bits per heavy atom. The molecule has 0 aromatic heterocycles. The van der Waals surface area contributed by atoms with Gasteiger partial charge in [-0.15, -0.1) is 9.05 Å². The first-order valence-electron chi connectivity index (χ1n) is 6.65. The lowest BCUT2D eigenvalue weighted by atomic mass is 10.2. The van der Waals surface area contributed by atoms with E-state index in [1.807, 2.05) is 60.7 Å². The van der Waals surface area contributed by atoms with Crippen LogP contribution in [0.2, 0.25) is 0 Å². The highest BCUT2D eigenvalue weighted by molar-refractivity contribution is 7.33. The van der Waals surface area contributed by atoms with Crippen molar-refractivity contribution >= 4 is 8.25 Å². The van der Waals surface area contributed by atoms with E-state index in [1.165, 1.54) is 11.1 Å². The zero-order chi connectivity index (χ0) is 14.0. The van der Waals surface area contributed by atoms with Crippen molar-refractivity contribution in [3.63, 3.8) is 0 Å². The summed E-state index contributed by atoms with van der Waals surface area (Å²) in [5.74, 6) is 0. The zero-order valence-corrected chi connectivity index (χ0v) is 12.2. The van der Waals surface area contributed by atoms with Crippen LogP contribution in [0.3, 0.4) is 0 Å². The Labute approximate surface area is 120 Å². The highest BCUT2D eigenvalue weighted by atomic mass is 31.1. The van der Waals surface area contributed by atoms with Gasteiger partial charge in [-0.25, -0.2) is 0 Å². The number of benzene rings is 2. The fraction of sp³-hybridized carbons (Fsp3) is 0.250. The van der Waals surface area contributed by atoms with Crippen molar-refractivity contribution in [2.75, 3.05) is 13.2 Å². The zero-order valence-electron chi connectivity index (χ0n) is 11.3. The minimum atomic E-state index is -2.02. The summed E-state index contributed by atoms with van der Waals surface area (Å²) >= 11 is 0. The van der Waals surface area contributed by atoms with Crippen LogP contribution in [0.15, 0.2) is 60.7 Å². The Bertz CT molecular complexity index is 466. The van der Waals surface area contributed by atoms with Crippen LogP contribution in [0.5, 0.6) is 0 Å². The largest absolute Gasteiger partial charge is 0.697 e. The van der Waals surface area contributed by atoms with Crippen LogP contribution in [-0.2, 0) is 26.5 Å². The molecule has 20 heavy (non-hydrogen) atoms. The highest BCUT2D eigenvalue weighted by Crippen LogP contribution is 2.24. The molecule has 2 aromatic carbocycles. The van der Waals surface area contributed by atoms with Crippen molar-refractivity contribution in [3.05, 3.63) is 71.8 Å². The summed E-state index contributed by atoms with van der Waals surface area (Å²) in [5.41, 5.74) is 2.33. The SMILES string of the molecule is O=[P+](OCCc1ccccc1)OCCc1ccccc1. The van der Waals surface area contributed by atoms with Crippen molar-refractivity contribution in [1.29, 1.82) is 0 Å². The van der Waals surface area contributed by atoms with Gasteiger partial charge in [0.2, 0.25) is 0 Å². The molecule has 0 radical (unpaired) electrons. The van der Waals surface area contributed by atoms with Gasteiger partial charge < -0.3 is 0 Å². The average Bonchev–Trinajstić information content (AvgIpc) is 2.49. The van der Waals surface area contributed by atoms with Crippen molar-refractivity contribution in [2.24, 2.45) is 0 Å². The van der Waals surface area contributed by atoms with E-state index in [9.17, 15) is 4.57 Å². The molecular formula is C16H18O3P+. The third-order valence-corrected chi connectivity index (χ3v) is 3.65. The van der Waals surface area contributed by atoms with Gasteiger partial charge in [0.05, 0.1) is 0 Å². The second kappa shape index (κ2) is 8.60. The van der Waals surface area contributed by atoms with Crippen LogP contribution in [-0.4, -0.2) is 13.2 Å². The molecule has 3 nitrogen and oxygen atoms in total. The van der Waals surface area contributed by atoms with E-state index in [0.29, 0.717) is 13.2 Å². The summed E-state index contributed by atoms with van der Waals surface area (Å²) in [4.78, 5) is 0. The van der Waals surface area contributed by atoms with Gasteiger partial charge in [0.1, 0.15) is 13.2 Å². The van der Waals surface area contributed by atoms with Gasteiger partial charge in [0, 0.05) is 17.4 Å². The Morgan fingerprint density at radius 3 is 1.50 bits per heavy atom. The molecule has 2 rings (SSSR count). The lowest BCUT2D eigenvalue weighted by Gasteiger charge is -1.97. The molecule has 0 aliphatic rings. The Kier molecular flexibility index (Phi) is 6.39. The Balaban J connectivity index is 1.59. The average molecular weight is 289 g/mol. The minimum absolute atomic E-state index is 0.407. The van der Waals surface area contributed by atoms with E-state index in [-0.39, 0.29) is 0 Å². The van der Waals surface area contributed by atoms with Gasteiger partial charge in [-0.1, -0.05) is 60.7 Å². The lowest BCUT2D eigenvalue weighted by Crippen LogP contribution is -1.97. The first-order valence-corrected chi connectivity index (χ1v) is 7.75. The molecule has 104 valence electrons. The monoisotopic (exact) mass is 289 g/mol. The summed E-state index contributed by atoms with van der Waals surface area (Å²) in [6.07, 6.45) is 1.48. The second-order valence-electron chi connectivity index (χ2n) is 4.36. The Hall–Kier alpha value is -1.54. The minimum Gasteiger partial charge on any atom is -0.119 e. The molecular weight excluding hydrogens is 271 g/mol. The van der Waals surface area contributed by atoms with Gasteiger partial charge in [0.25, 0.3) is 0 Å². The molecule has 0 aliphatic heterocycles. The standard InChI is InChI=1S/C16H18O3P/c17-20(18-13-11-15-7-3-1-4-8-15)19-14-12-16-9-5-2-6-10-16/h1-10H,11-14H2/q+1. The van der Waals surface area contributed by atoms with E-state index in [1.54, 1.807) is 0 Å². The van der Waals surface area contributed by atoms with Crippen LogP contribution in [0.25, 0.3) is 0 Å². The molecule has 0 saturated carbocycles. The van der Waals surface area contributed by atoms with Gasteiger partial charge in [0.15, 0.2) is 0 Å². The summed E-state index contributed by atoms with van der Waals surface area (Å²) in [7, 11) is -2.02. The third-order valence-electron chi connectivity index (χ3n) is 2.86. The predicted molar refractivity (Wildman–Crippen MR) is 79.8 cm³/mol. The predicted octanol–water partition coefficient (Wildman–Crippen LogP) is 4.16. The smallest absolute Gasteiger partial charge is 0.119 e. The van der Waals surface area contributed by atoms with Gasteiger partial charge >= 0.3 is 8.25 Å². The molecule has 4 heteroatoms. The van der Waals surface area contributed by atoms with Crippen LogP contribution in [0.1, 0.15) is 11.1 Å². The van der Waals surface area contributed by atoms with Crippen LogP contribution in [0.4, 0.5) is 0 Å². The lowest BCUT2D eigenvalue weighted by molar-refractivity contribution is 0.229. The molecule has 0 unspecified atom stereocenters. The van der Waals surface area contributed by atoms with Gasteiger partial charge in [-0.3, -0.25) is 0 Å². The quantitative estimate of drug-likeness (QED) is 0.684. The molecule has 0 heterocycles. The van der Waals surface area contributed by atoms with Crippen molar-refractivity contribution in [1.82, 2.24) is 0 Å². The summed E-state index contributed by atoms with van der Waals surface area (Å²) < 4.78 is 21.9. The molecule has 0 amide bonds. The van der Waals surface area contributed by atoms with Crippen LogP contribution in [0, 0.1) is 0 Å². The molecule has 0 aliphatic carbocycles. The molecule has 0 fully saturated rings. The topological polar surface area (TPSA) is 35.5 Å². The molecule has 0 N–H and O–H groups in total. The number of rotatable bonds is 8. The Morgan fingerprint density at radius 1 is 0.700 bits per heavy atom. The highest BCUT2D eigenvalue weighted by Gasteiger charge is 2.19. The summed E-state index contributed by atoms with van der Waals surface area (Å²) in [5, 5.41) is 0. The molecule has 0 saturated heterocycles. The second-order valence-corrected chi connectivity index (χ2v) is 5.32. The maximum Gasteiger partial charge on any atom is 0.697 e. The normalized spacial score (nSPS) is 10.4. The van der Waals surface area contributed by atoms with Gasteiger partial charge in [-0.2, -0.15) is 0 Å². The third kappa shape index (κ3) is 5.62. The number of hydrogen-bond acceptors (Lipinski definition) is 3. The summed E-state index contributed by atoms with van der Waals surface area (Å²) in [6.45, 7) is 0.815. The van der Waals surface area contributed by atoms with Crippen molar-refractivity contribution in [2.45, 2.75) is 12.8 Å². The fourth-order valence-electron chi connectivity index (χ4n) is 1.80. The van der Waals surface area contributed by atoms with E-state index >= 15 is 0 Å². The van der Waals surface area contributed by atoms with Crippen LogP contribution >= 0.6 is 8.25 Å². The summed E-state index contributed by atoms with van der Waals surface area (Å²) in [6, 6.07) is 19.9. The first-order chi connectivity index (χ1) is 9.84. The fourth-order valence-corrected chi connectivity index (χ4v) is 2.36. The number of hydrogen-bond donors (Lipinski definition) is 0. The maximum atomic E-state index is 11.5. The molecule has 2 aromatic rings. The van der Waals surface area contributed by atoms with Crippen molar-refractivity contribution in [3.8, 4) is 0 Å². The molecule has 0 atom stereocenters. The molecule has 0 bridgehead atoms. The molecule has 0 spiro atoms. The van der Waals surface area contributed by atoms with E-state index in [4.69, 9.17) is 9.05 Å². The van der Waals surface area contributed by atoms with Gasteiger partial charge in [-0.05, 0) is 11.1 Å².